The summed E-state index contributed by atoms with van der Waals surface area (Å²) < 4.78 is 5.85. The molecule has 3 nitrogen and oxygen atoms in total. The minimum absolute atomic E-state index is 0.428. The third-order valence-corrected chi connectivity index (χ3v) is 4.49. The first-order valence-electron chi connectivity index (χ1n) is 7.97. The van der Waals surface area contributed by atoms with Gasteiger partial charge >= 0.3 is 0 Å². The number of likely N-dealkylation sites (tertiary alicyclic amines) is 1. The van der Waals surface area contributed by atoms with Crippen molar-refractivity contribution in [2.45, 2.75) is 45.1 Å². The van der Waals surface area contributed by atoms with Crippen LogP contribution in [0.25, 0.3) is 0 Å². The molecule has 1 heterocycles. The minimum atomic E-state index is 0.428. The summed E-state index contributed by atoms with van der Waals surface area (Å²) in [5.74, 6) is 0.887. The molecule has 0 spiro atoms. The lowest BCUT2D eigenvalue weighted by molar-refractivity contribution is 0.158. The third-order valence-electron chi connectivity index (χ3n) is 4.26. The molecule has 1 aromatic rings. The fourth-order valence-electron chi connectivity index (χ4n) is 2.99. The van der Waals surface area contributed by atoms with E-state index in [2.05, 4.69) is 11.8 Å². The van der Waals surface area contributed by atoms with Crippen LogP contribution in [-0.4, -0.2) is 35.6 Å². The normalized spacial score (nSPS) is 20.0. The minimum Gasteiger partial charge on any atom is -0.492 e. The van der Waals surface area contributed by atoms with Gasteiger partial charge in [0.05, 0.1) is 0 Å². The number of hydrogen-bond acceptors (Lipinski definition) is 3. The van der Waals surface area contributed by atoms with Gasteiger partial charge in [-0.3, -0.25) is 4.90 Å². The SMILES string of the molecule is CCC1CCCCCN1CCOc1ccc(C(N)=S)cc1. The maximum Gasteiger partial charge on any atom is 0.119 e. The molecule has 0 radical (unpaired) electrons. The highest BCUT2D eigenvalue weighted by Gasteiger charge is 2.18. The Bertz CT molecular complexity index is 447. The van der Waals surface area contributed by atoms with Crippen LogP contribution in [-0.2, 0) is 0 Å². The molecule has 116 valence electrons. The third kappa shape index (κ3) is 4.97. The summed E-state index contributed by atoms with van der Waals surface area (Å²) in [6, 6.07) is 8.44. The quantitative estimate of drug-likeness (QED) is 0.818. The van der Waals surface area contributed by atoms with E-state index in [9.17, 15) is 0 Å². The predicted octanol–water partition coefficient (Wildman–Crippen LogP) is 3.35. The smallest absolute Gasteiger partial charge is 0.119 e. The van der Waals surface area contributed by atoms with Gasteiger partial charge in [-0.25, -0.2) is 0 Å². The van der Waals surface area contributed by atoms with Crippen molar-refractivity contribution in [2.24, 2.45) is 5.73 Å². The van der Waals surface area contributed by atoms with Crippen LogP contribution in [0.3, 0.4) is 0 Å². The lowest BCUT2D eigenvalue weighted by atomic mass is 10.1. The lowest BCUT2D eigenvalue weighted by Gasteiger charge is -2.28. The highest BCUT2D eigenvalue weighted by atomic mass is 32.1. The van der Waals surface area contributed by atoms with Crippen molar-refractivity contribution in [3.05, 3.63) is 29.8 Å². The predicted molar refractivity (Wildman–Crippen MR) is 91.9 cm³/mol. The van der Waals surface area contributed by atoms with Crippen LogP contribution in [0.1, 0.15) is 44.6 Å². The van der Waals surface area contributed by atoms with E-state index in [0.717, 1.165) is 30.5 Å². The van der Waals surface area contributed by atoms with E-state index in [4.69, 9.17) is 22.7 Å². The van der Waals surface area contributed by atoms with Gasteiger partial charge in [0.15, 0.2) is 0 Å². The molecule has 1 aromatic carbocycles. The van der Waals surface area contributed by atoms with Crippen LogP contribution in [0.4, 0.5) is 0 Å². The summed E-state index contributed by atoms with van der Waals surface area (Å²) in [5, 5.41) is 0. The molecule has 1 unspecified atom stereocenters. The molecule has 2 rings (SSSR count). The summed E-state index contributed by atoms with van der Waals surface area (Å²) in [6.45, 7) is 5.25. The molecule has 1 saturated heterocycles. The summed E-state index contributed by atoms with van der Waals surface area (Å²) in [4.78, 5) is 3.02. The monoisotopic (exact) mass is 306 g/mol. The van der Waals surface area contributed by atoms with E-state index in [-0.39, 0.29) is 0 Å². The Morgan fingerprint density at radius 2 is 2.05 bits per heavy atom. The van der Waals surface area contributed by atoms with Gasteiger partial charge in [0.25, 0.3) is 0 Å². The van der Waals surface area contributed by atoms with E-state index >= 15 is 0 Å². The van der Waals surface area contributed by atoms with Gasteiger partial charge in [-0.15, -0.1) is 0 Å². The number of thiocarbonyl (C=S) groups is 1. The van der Waals surface area contributed by atoms with Gasteiger partial charge in [-0.2, -0.15) is 0 Å². The lowest BCUT2D eigenvalue weighted by Crippen LogP contribution is -2.37. The molecule has 1 aliphatic heterocycles. The maximum atomic E-state index is 5.85. The summed E-state index contributed by atoms with van der Waals surface area (Å²) in [5.41, 5.74) is 6.48. The first-order valence-corrected chi connectivity index (χ1v) is 8.38. The molecule has 2 N–H and O–H groups in total. The number of nitrogens with zero attached hydrogens (tertiary/aromatic N) is 1. The van der Waals surface area contributed by atoms with E-state index in [1.165, 1.54) is 38.6 Å². The summed E-state index contributed by atoms with van der Waals surface area (Å²) in [6.07, 6.45) is 6.63. The number of rotatable bonds is 6. The van der Waals surface area contributed by atoms with Crippen LogP contribution in [0.15, 0.2) is 24.3 Å². The molecule has 0 amide bonds. The van der Waals surface area contributed by atoms with Gasteiger partial charge in [0, 0.05) is 18.2 Å². The molecule has 0 aliphatic carbocycles. The zero-order valence-corrected chi connectivity index (χ0v) is 13.7. The van der Waals surface area contributed by atoms with Crippen molar-refractivity contribution in [1.82, 2.24) is 4.90 Å². The highest BCUT2D eigenvalue weighted by Crippen LogP contribution is 2.19. The van der Waals surface area contributed by atoms with Crippen LogP contribution in [0.2, 0.25) is 0 Å². The highest BCUT2D eigenvalue weighted by molar-refractivity contribution is 7.80. The summed E-state index contributed by atoms with van der Waals surface area (Å²) >= 11 is 4.95. The Labute approximate surface area is 133 Å². The molecule has 1 atom stereocenters. The standard InChI is InChI=1S/C17H26N2OS/c1-2-15-6-4-3-5-11-19(15)12-13-20-16-9-7-14(8-10-16)17(18)21/h7-10,15H,2-6,11-13H2,1H3,(H2,18,21). The molecule has 21 heavy (non-hydrogen) atoms. The van der Waals surface area contributed by atoms with Gasteiger partial charge < -0.3 is 10.5 Å². The first-order chi connectivity index (χ1) is 10.2. The van der Waals surface area contributed by atoms with Gasteiger partial charge in [-0.1, -0.05) is 32.0 Å². The molecule has 0 saturated carbocycles. The second-order valence-corrected chi connectivity index (χ2v) is 6.12. The van der Waals surface area contributed by atoms with Gasteiger partial charge in [-0.05, 0) is 50.1 Å². The Balaban J connectivity index is 1.81. The average molecular weight is 306 g/mol. The molecular formula is C17H26N2OS. The second-order valence-electron chi connectivity index (χ2n) is 5.68. The van der Waals surface area contributed by atoms with E-state index < -0.39 is 0 Å². The maximum absolute atomic E-state index is 5.85. The largest absolute Gasteiger partial charge is 0.492 e. The van der Waals surface area contributed by atoms with Gasteiger partial charge in [0.2, 0.25) is 0 Å². The zero-order chi connectivity index (χ0) is 15.1. The fourth-order valence-corrected chi connectivity index (χ4v) is 3.13. The number of ether oxygens (including phenoxy) is 1. The van der Waals surface area contributed by atoms with Gasteiger partial charge in [0.1, 0.15) is 17.3 Å². The van der Waals surface area contributed by atoms with Crippen molar-refractivity contribution in [3.63, 3.8) is 0 Å². The molecule has 4 heteroatoms. The number of hydrogen-bond donors (Lipinski definition) is 1. The topological polar surface area (TPSA) is 38.5 Å². The van der Waals surface area contributed by atoms with Crippen molar-refractivity contribution in [3.8, 4) is 5.75 Å². The fraction of sp³-hybridized carbons (Fsp3) is 0.588. The Morgan fingerprint density at radius 1 is 1.29 bits per heavy atom. The zero-order valence-electron chi connectivity index (χ0n) is 12.9. The molecule has 0 bridgehead atoms. The van der Waals surface area contributed by atoms with Crippen LogP contribution in [0.5, 0.6) is 5.75 Å². The average Bonchev–Trinajstić information content (AvgIpc) is 2.73. The second kappa shape index (κ2) is 8.35. The van der Waals surface area contributed by atoms with Crippen LogP contribution >= 0.6 is 12.2 Å². The Hall–Kier alpha value is -1.13. The molecule has 1 aliphatic rings. The molecular weight excluding hydrogens is 280 g/mol. The number of benzene rings is 1. The van der Waals surface area contributed by atoms with Crippen molar-refractivity contribution < 1.29 is 4.74 Å². The molecule has 0 aromatic heterocycles. The van der Waals surface area contributed by atoms with E-state index in [1.54, 1.807) is 0 Å². The van der Waals surface area contributed by atoms with Crippen molar-refractivity contribution >= 4 is 17.2 Å². The molecule has 1 fully saturated rings. The van der Waals surface area contributed by atoms with Crippen molar-refractivity contribution in [1.29, 1.82) is 0 Å². The van der Waals surface area contributed by atoms with E-state index in [1.807, 2.05) is 24.3 Å². The van der Waals surface area contributed by atoms with Crippen LogP contribution in [0, 0.1) is 0 Å². The number of nitrogens with two attached hydrogens (primary N) is 1. The Kier molecular flexibility index (Phi) is 6.46. The first kappa shape index (κ1) is 16.2. The van der Waals surface area contributed by atoms with E-state index in [0.29, 0.717) is 4.99 Å². The van der Waals surface area contributed by atoms with Crippen molar-refractivity contribution in [2.75, 3.05) is 19.7 Å². The van der Waals surface area contributed by atoms with Crippen LogP contribution < -0.4 is 10.5 Å². The summed E-state index contributed by atoms with van der Waals surface area (Å²) in [7, 11) is 0. The Morgan fingerprint density at radius 3 is 2.71 bits per heavy atom.